The normalized spacial score (nSPS) is 14.9. The molecule has 0 aliphatic carbocycles. The predicted molar refractivity (Wildman–Crippen MR) is 86.9 cm³/mol. The van der Waals surface area contributed by atoms with Crippen molar-refractivity contribution >= 4 is 41.0 Å². The topological polar surface area (TPSA) is 63.7 Å². The summed E-state index contributed by atoms with van der Waals surface area (Å²) in [5.41, 5.74) is 0.324. The van der Waals surface area contributed by atoms with Crippen molar-refractivity contribution in [2.75, 3.05) is 6.61 Å². The van der Waals surface area contributed by atoms with E-state index in [2.05, 4.69) is 0 Å². The van der Waals surface area contributed by atoms with Crippen LogP contribution in [0.1, 0.15) is 53.8 Å². The van der Waals surface area contributed by atoms with E-state index in [4.69, 9.17) is 27.9 Å². The summed E-state index contributed by atoms with van der Waals surface area (Å²) in [5.74, 6) is -1.66. The average Bonchev–Trinajstić information content (AvgIpc) is 2.73. The van der Waals surface area contributed by atoms with Crippen molar-refractivity contribution in [1.29, 1.82) is 0 Å². The van der Waals surface area contributed by atoms with Gasteiger partial charge < -0.3 is 4.74 Å². The first-order valence-corrected chi connectivity index (χ1v) is 8.21. The van der Waals surface area contributed by atoms with Gasteiger partial charge in [-0.1, -0.05) is 43.0 Å². The molecule has 0 unspecified atom stereocenters. The molecule has 0 radical (unpaired) electrons. The molecule has 7 heteroatoms. The summed E-state index contributed by atoms with van der Waals surface area (Å²) in [5, 5.41) is 0.379. The molecule has 0 fully saturated rings. The Balaban J connectivity index is 2.39. The molecule has 1 heterocycles. The van der Waals surface area contributed by atoms with Gasteiger partial charge in [-0.2, -0.15) is 0 Å². The fourth-order valence-corrected chi connectivity index (χ4v) is 2.85. The van der Waals surface area contributed by atoms with Gasteiger partial charge in [-0.25, -0.2) is 4.79 Å². The SMILES string of the molecule is CCCC[C@@H](C(=O)OCC)N1C(=O)c2cc(Cl)c(Cl)cc2C1=O. The second-order valence-electron chi connectivity index (χ2n) is 5.20. The molecule has 1 atom stereocenters. The van der Waals surface area contributed by atoms with Crippen LogP contribution in [0.5, 0.6) is 0 Å². The van der Waals surface area contributed by atoms with E-state index < -0.39 is 23.8 Å². The number of nitrogens with zero attached hydrogens (tertiary/aromatic N) is 1. The minimum Gasteiger partial charge on any atom is -0.464 e. The maximum Gasteiger partial charge on any atom is 0.329 e. The maximum absolute atomic E-state index is 12.6. The van der Waals surface area contributed by atoms with Gasteiger partial charge in [-0.15, -0.1) is 0 Å². The molecule has 1 aromatic rings. The summed E-state index contributed by atoms with van der Waals surface area (Å²) in [4.78, 5) is 38.3. The number of unbranched alkanes of at least 4 members (excludes halogenated alkanes) is 1. The molecular formula is C16H17Cl2NO4. The van der Waals surface area contributed by atoms with Crippen LogP contribution in [0, 0.1) is 0 Å². The predicted octanol–water partition coefficient (Wildman–Crippen LogP) is 3.71. The molecule has 1 aliphatic rings. The lowest BCUT2D eigenvalue weighted by atomic mass is 10.1. The van der Waals surface area contributed by atoms with E-state index in [1.54, 1.807) is 6.92 Å². The highest BCUT2D eigenvalue weighted by Gasteiger charge is 2.43. The van der Waals surface area contributed by atoms with Crippen LogP contribution in [0.15, 0.2) is 12.1 Å². The van der Waals surface area contributed by atoms with Crippen LogP contribution < -0.4 is 0 Å². The lowest BCUT2D eigenvalue weighted by Crippen LogP contribution is -2.45. The number of rotatable bonds is 6. The summed E-state index contributed by atoms with van der Waals surface area (Å²) < 4.78 is 5.02. The number of carbonyl (C=O) groups excluding carboxylic acids is 3. The first-order chi connectivity index (χ1) is 10.9. The number of benzene rings is 1. The number of imide groups is 1. The molecule has 124 valence electrons. The van der Waals surface area contributed by atoms with Crippen molar-refractivity contribution in [3.05, 3.63) is 33.3 Å². The summed E-state index contributed by atoms with van der Waals surface area (Å²) in [6.45, 7) is 3.82. The van der Waals surface area contributed by atoms with Crippen molar-refractivity contribution in [1.82, 2.24) is 4.90 Å². The van der Waals surface area contributed by atoms with Crippen LogP contribution in [0.2, 0.25) is 10.0 Å². The maximum atomic E-state index is 12.6. The Hall–Kier alpha value is -1.59. The number of carbonyl (C=O) groups is 3. The number of fused-ring (bicyclic) bond motifs is 1. The lowest BCUT2D eigenvalue weighted by molar-refractivity contribution is -0.148. The highest BCUT2D eigenvalue weighted by molar-refractivity contribution is 6.43. The Bertz CT molecular complexity index is 619. The summed E-state index contributed by atoms with van der Waals surface area (Å²) in [6.07, 6.45) is 1.89. The molecule has 1 aromatic carbocycles. The third kappa shape index (κ3) is 3.35. The van der Waals surface area contributed by atoms with Gasteiger partial charge >= 0.3 is 5.97 Å². The van der Waals surface area contributed by atoms with Crippen LogP contribution in [0.4, 0.5) is 0 Å². The molecule has 2 rings (SSSR count). The van der Waals surface area contributed by atoms with Crippen molar-refractivity contribution in [3.8, 4) is 0 Å². The molecule has 0 aromatic heterocycles. The average molecular weight is 358 g/mol. The zero-order chi connectivity index (χ0) is 17.1. The fourth-order valence-electron chi connectivity index (χ4n) is 2.52. The third-order valence-electron chi connectivity index (χ3n) is 3.66. The second kappa shape index (κ2) is 7.32. The van der Waals surface area contributed by atoms with Crippen molar-refractivity contribution in [2.45, 2.75) is 39.2 Å². The number of ether oxygens (including phenoxy) is 1. The van der Waals surface area contributed by atoms with Crippen LogP contribution in [-0.4, -0.2) is 35.3 Å². The lowest BCUT2D eigenvalue weighted by Gasteiger charge is -2.24. The monoisotopic (exact) mass is 357 g/mol. The van der Waals surface area contributed by atoms with Crippen LogP contribution >= 0.6 is 23.2 Å². The van der Waals surface area contributed by atoms with Gasteiger partial charge in [0.25, 0.3) is 11.8 Å². The molecule has 0 bridgehead atoms. The van der Waals surface area contributed by atoms with Gasteiger partial charge in [-0.3, -0.25) is 14.5 Å². The van der Waals surface area contributed by atoms with E-state index in [1.807, 2.05) is 6.92 Å². The number of hydrogen-bond donors (Lipinski definition) is 0. The molecule has 1 aliphatic heterocycles. The van der Waals surface area contributed by atoms with E-state index in [1.165, 1.54) is 12.1 Å². The number of esters is 1. The molecule has 2 amide bonds. The molecule has 0 saturated heterocycles. The van der Waals surface area contributed by atoms with Crippen molar-refractivity contribution < 1.29 is 19.1 Å². The Morgan fingerprint density at radius 1 is 1.13 bits per heavy atom. The van der Waals surface area contributed by atoms with E-state index in [9.17, 15) is 14.4 Å². The van der Waals surface area contributed by atoms with Gasteiger partial charge in [0.05, 0.1) is 27.8 Å². The standard InChI is InChI=1S/C16H17Cl2NO4/c1-3-5-6-13(16(22)23-4-2)19-14(20)9-7-11(17)12(18)8-10(9)15(19)21/h7-8,13H,3-6H2,1-2H3/t13-/m0/s1. The minimum absolute atomic E-state index is 0.162. The summed E-state index contributed by atoms with van der Waals surface area (Å²) in [6, 6.07) is 1.79. The van der Waals surface area contributed by atoms with E-state index in [0.29, 0.717) is 12.8 Å². The first kappa shape index (κ1) is 17.8. The third-order valence-corrected chi connectivity index (χ3v) is 4.38. The Kier molecular flexibility index (Phi) is 5.65. The van der Waals surface area contributed by atoms with Crippen molar-refractivity contribution in [2.24, 2.45) is 0 Å². The Morgan fingerprint density at radius 2 is 1.65 bits per heavy atom. The van der Waals surface area contributed by atoms with Gasteiger partial charge in [0.1, 0.15) is 6.04 Å². The van der Waals surface area contributed by atoms with Crippen LogP contribution in [0.25, 0.3) is 0 Å². The Morgan fingerprint density at radius 3 is 2.09 bits per heavy atom. The highest BCUT2D eigenvalue weighted by Crippen LogP contribution is 2.33. The molecule has 0 saturated carbocycles. The summed E-state index contributed by atoms with van der Waals surface area (Å²) in [7, 11) is 0. The summed E-state index contributed by atoms with van der Waals surface area (Å²) >= 11 is 11.8. The van der Waals surface area contributed by atoms with Crippen LogP contribution in [0.3, 0.4) is 0 Å². The smallest absolute Gasteiger partial charge is 0.329 e. The molecule has 0 N–H and O–H groups in total. The van der Waals surface area contributed by atoms with Gasteiger partial charge in [0, 0.05) is 0 Å². The zero-order valence-electron chi connectivity index (χ0n) is 12.9. The Labute approximate surface area is 144 Å². The second-order valence-corrected chi connectivity index (χ2v) is 6.02. The fraction of sp³-hybridized carbons (Fsp3) is 0.438. The van der Waals surface area contributed by atoms with Gasteiger partial charge in [-0.05, 0) is 25.5 Å². The van der Waals surface area contributed by atoms with E-state index in [-0.39, 0.29) is 27.8 Å². The van der Waals surface area contributed by atoms with Crippen LogP contribution in [-0.2, 0) is 9.53 Å². The molecule has 5 nitrogen and oxygen atoms in total. The molecular weight excluding hydrogens is 341 g/mol. The zero-order valence-corrected chi connectivity index (χ0v) is 14.4. The van der Waals surface area contributed by atoms with Gasteiger partial charge in [0.15, 0.2) is 0 Å². The number of amides is 2. The molecule has 23 heavy (non-hydrogen) atoms. The number of hydrogen-bond acceptors (Lipinski definition) is 4. The van der Waals surface area contributed by atoms with E-state index in [0.717, 1.165) is 11.3 Å². The molecule has 0 spiro atoms. The quantitative estimate of drug-likeness (QED) is 0.574. The number of halogens is 2. The largest absolute Gasteiger partial charge is 0.464 e. The van der Waals surface area contributed by atoms with E-state index >= 15 is 0 Å². The minimum atomic E-state index is -0.931. The first-order valence-electron chi connectivity index (χ1n) is 7.45. The van der Waals surface area contributed by atoms with Gasteiger partial charge in [0.2, 0.25) is 0 Å². The highest BCUT2D eigenvalue weighted by atomic mass is 35.5. The van der Waals surface area contributed by atoms with Crippen molar-refractivity contribution in [3.63, 3.8) is 0 Å².